The van der Waals surface area contributed by atoms with E-state index in [-0.39, 0.29) is 11.9 Å². The molecular formula is C33H38N6O2. The first-order valence-electron chi connectivity index (χ1n) is 14.4. The van der Waals surface area contributed by atoms with E-state index in [2.05, 4.69) is 87.7 Å². The van der Waals surface area contributed by atoms with Gasteiger partial charge in [0.25, 0.3) is 11.9 Å². The maximum Gasteiger partial charge on any atom is 0.270 e. The van der Waals surface area contributed by atoms with E-state index in [0.29, 0.717) is 30.6 Å². The zero-order valence-electron chi connectivity index (χ0n) is 23.8. The Morgan fingerprint density at radius 2 is 1.71 bits per heavy atom. The van der Waals surface area contributed by atoms with Gasteiger partial charge < -0.3 is 9.64 Å². The number of ether oxygens (including phenoxy) is 1. The molecular weight excluding hydrogens is 512 g/mol. The first-order chi connectivity index (χ1) is 20.0. The molecule has 8 heteroatoms. The van der Waals surface area contributed by atoms with E-state index in [4.69, 9.17) is 4.74 Å². The number of amides is 1. The minimum Gasteiger partial charge on any atom is -0.487 e. The van der Waals surface area contributed by atoms with Crippen molar-refractivity contribution >= 4 is 17.5 Å². The summed E-state index contributed by atoms with van der Waals surface area (Å²) in [6.45, 7) is 9.71. The minimum atomic E-state index is -0.297. The third-order valence-electron chi connectivity index (χ3n) is 7.74. The van der Waals surface area contributed by atoms with Crippen molar-refractivity contribution in [1.29, 1.82) is 0 Å². The van der Waals surface area contributed by atoms with Crippen LogP contribution in [0.2, 0.25) is 0 Å². The number of tetrazole rings is 1. The lowest BCUT2D eigenvalue weighted by atomic mass is 9.84. The Hall–Kier alpha value is -4.46. The number of rotatable bonds is 11. The van der Waals surface area contributed by atoms with Gasteiger partial charge in [-0.25, -0.2) is 0 Å². The zero-order chi connectivity index (χ0) is 28.6. The highest BCUT2D eigenvalue weighted by atomic mass is 16.5. The molecule has 0 unspecified atom stereocenters. The Kier molecular flexibility index (Phi) is 9.08. The molecule has 0 atom stereocenters. The van der Waals surface area contributed by atoms with E-state index in [0.717, 1.165) is 22.7 Å². The van der Waals surface area contributed by atoms with E-state index in [1.807, 2.05) is 24.3 Å². The van der Waals surface area contributed by atoms with Crippen molar-refractivity contribution in [3.05, 3.63) is 107 Å². The first-order valence-corrected chi connectivity index (χ1v) is 14.4. The van der Waals surface area contributed by atoms with Gasteiger partial charge in [0.15, 0.2) is 0 Å². The molecule has 41 heavy (non-hydrogen) atoms. The third kappa shape index (κ3) is 7.39. The standard InChI is InChI=1S/C33H38N6O2/c1-23(2)26-15-19-31(20-16-26)41-22-24(3)39(30-17-13-28(14-18-30)27-7-5-4-6-8-27)21-25-9-11-29(12-10-25)32(40)34-33-35-37-38-36-33/h9-20,23,27H,3-8,21-22H2,1-2H3,(H2,34,35,36,37,38,40). The van der Waals surface area contributed by atoms with Crippen LogP contribution in [-0.4, -0.2) is 33.1 Å². The Morgan fingerprint density at radius 1 is 1.00 bits per heavy atom. The van der Waals surface area contributed by atoms with Crippen molar-refractivity contribution in [2.24, 2.45) is 0 Å². The van der Waals surface area contributed by atoms with Gasteiger partial charge in [-0.2, -0.15) is 5.21 Å². The monoisotopic (exact) mass is 550 g/mol. The van der Waals surface area contributed by atoms with Gasteiger partial charge in [-0.3, -0.25) is 10.1 Å². The predicted octanol–water partition coefficient (Wildman–Crippen LogP) is 7.22. The molecule has 4 aromatic rings. The first kappa shape index (κ1) is 28.1. The molecule has 212 valence electrons. The summed E-state index contributed by atoms with van der Waals surface area (Å²) in [4.78, 5) is 14.7. The SMILES string of the molecule is C=C(COc1ccc(C(C)C)cc1)N(Cc1ccc(C(=O)Nc2nn[nH]n2)cc1)c1ccc(C2CCCCC2)cc1. The van der Waals surface area contributed by atoms with Crippen LogP contribution >= 0.6 is 0 Å². The molecule has 0 radical (unpaired) electrons. The summed E-state index contributed by atoms with van der Waals surface area (Å²) in [6, 6.07) is 24.7. The molecule has 2 N–H and O–H groups in total. The maximum atomic E-state index is 12.5. The van der Waals surface area contributed by atoms with Crippen LogP contribution in [-0.2, 0) is 6.54 Å². The van der Waals surface area contributed by atoms with Crippen LogP contribution in [0.1, 0.15) is 84.8 Å². The molecule has 1 aromatic heterocycles. The summed E-state index contributed by atoms with van der Waals surface area (Å²) in [7, 11) is 0. The van der Waals surface area contributed by atoms with E-state index >= 15 is 0 Å². The van der Waals surface area contributed by atoms with Crippen LogP contribution in [0.3, 0.4) is 0 Å². The molecule has 0 aliphatic heterocycles. The zero-order valence-corrected chi connectivity index (χ0v) is 23.8. The van der Waals surface area contributed by atoms with Crippen LogP contribution < -0.4 is 15.0 Å². The van der Waals surface area contributed by atoms with Crippen LogP contribution in [0.5, 0.6) is 5.75 Å². The van der Waals surface area contributed by atoms with Gasteiger partial charge in [0, 0.05) is 23.5 Å². The Morgan fingerprint density at radius 3 is 2.34 bits per heavy atom. The number of nitrogens with zero attached hydrogens (tertiary/aromatic N) is 4. The quantitative estimate of drug-likeness (QED) is 0.205. The highest BCUT2D eigenvalue weighted by molar-refractivity contribution is 6.03. The van der Waals surface area contributed by atoms with Crippen molar-refractivity contribution in [1.82, 2.24) is 20.6 Å². The number of H-pyrrole nitrogens is 1. The molecule has 0 saturated heterocycles. The average molecular weight is 551 g/mol. The van der Waals surface area contributed by atoms with Crippen LogP contribution in [0.25, 0.3) is 0 Å². The number of aromatic nitrogens is 4. The number of hydrogen-bond donors (Lipinski definition) is 2. The molecule has 1 aliphatic carbocycles. The average Bonchev–Trinajstić information content (AvgIpc) is 3.53. The number of hydrogen-bond acceptors (Lipinski definition) is 6. The summed E-state index contributed by atoms with van der Waals surface area (Å²) in [5.74, 6) is 1.78. The highest BCUT2D eigenvalue weighted by Crippen LogP contribution is 2.34. The van der Waals surface area contributed by atoms with E-state index in [1.54, 1.807) is 12.1 Å². The second-order valence-corrected chi connectivity index (χ2v) is 11.0. The number of carbonyl (C=O) groups excluding carboxylic acids is 1. The molecule has 3 aromatic carbocycles. The van der Waals surface area contributed by atoms with E-state index in [9.17, 15) is 4.79 Å². The molecule has 1 saturated carbocycles. The Balaban J connectivity index is 1.31. The van der Waals surface area contributed by atoms with Gasteiger partial charge in [-0.1, -0.05) is 81.2 Å². The van der Waals surface area contributed by atoms with Gasteiger partial charge in [0.2, 0.25) is 0 Å². The number of benzene rings is 3. The molecule has 1 heterocycles. The van der Waals surface area contributed by atoms with Crippen molar-refractivity contribution in [2.75, 3.05) is 16.8 Å². The van der Waals surface area contributed by atoms with Gasteiger partial charge in [-0.15, -0.1) is 5.10 Å². The lowest BCUT2D eigenvalue weighted by Gasteiger charge is -2.28. The van der Waals surface area contributed by atoms with Gasteiger partial charge >= 0.3 is 0 Å². The fraction of sp³-hybridized carbons (Fsp3) is 0.333. The summed E-state index contributed by atoms with van der Waals surface area (Å²) in [5.41, 5.74) is 6.16. The second kappa shape index (κ2) is 13.3. The van der Waals surface area contributed by atoms with E-state index in [1.165, 1.54) is 43.2 Å². The topological polar surface area (TPSA) is 96.0 Å². The molecule has 0 bridgehead atoms. The van der Waals surface area contributed by atoms with Gasteiger partial charge in [0.05, 0.1) is 0 Å². The summed E-state index contributed by atoms with van der Waals surface area (Å²) >= 11 is 0. The fourth-order valence-corrected chi connectivity index (χ4v) is 5.27. The summed E-state index contributed by atoms with van der Waals surface area (Å²) in [6.07, 6.45) is 6.51. The lowest BCUT2D eigenvalue weighted by Crippen LogP contribution is -2.25. The van der Waals surface area contributed by atoms with Crippen molar-refractivity contribution in [3.63, 3.8) is 0 Å². The molecule has 1 aliphatic rings. The fourth-order valence-electron chi connectivity index (χ4n) is 5.27. The van der Waals surface area contributed by atoms with Gasteiger partial charge in [-0.05, 0) is 83.0 Å². The molecule has 1 fully saturated rings. The van der Waals surface area contributed by atoms with Crippen LogP contribution in [0, 0.1) is 0 Å². The molecule has 5 rings (SSSR count). The Labute approximate surface area is 241 Å². The van der Waals surface area contributed by atoms with Crippen LogP contribution in [0.4, 0.5) is 11.6 Å². The Bertz CT molecular complexity index is 1410. The largest absolute Gasteiger partial charge is 0.487 e. The van der Waals surface area contributed by atoms with Crippen LogP contribution in [0.15, 0.2) is 85.1 Å². The number of anilines is 2. The summed E-state index contributed by atoms with van der Waals surface area (Å²) < 4.78 is 6.15. The van der Waals surface area contributed by atoms with Crippen molar-refractivity contribution in [3.8, 4) is 5.75 Å². The predicted molar refractivity (Wildman–Crippen MR) is 162 cm³/mol. The molecule has 1 amide bonds. The number of carbonyl (C=O) groups is 1. The summed E-state index contributed by atoms with van der Waals surface area (Å²) in [5, 5.41) is 15.9. The number of nitrogens with one attached hydrogen (secondary N) is 2. The number of aromatic amines is 1. The molecule has 0 spiro atoms. The second-order valence-electron chi connectivity index (χ2n) is 11.0. The normalized spacial score (nSPS) is 13.6. The lowest BCUT2D eigenvalue weighted by molar-refractivity contribution is 0.102. The highest BCUT2D eigenvalue weighted by Gasteiger charge is 2.18. The van der Waals surface area contributed by atoms with Crippen molar-refractivity contribution in [2.45, 2.75) is 64.3 Å². The third-order valence-corrected chi connectivity index (χ3v) is 7.74. The molecule has 8 nitrogen and oxygen atoms in total. The maximum absolute atomic E-state index is 12.5. The van der Waals surface area contributed by atoms with E-state index < -0.39 is 0 Å². The minimum absolute atomic E-state index is 0.136. The smallest absolute Gasteiger partial charge is 0.270 e. The van der Waals surface area contributed by atoms with Gasteiger partial charge in [0.1, 0.15) is 12.4 Å². The van der Waals surface area contributed by atoms with Crippen molar-refractivity contribution < 1.29 is 9.53 Å².